The van der Waals surface area contributed by atoms with Gasteiger partial charge >= 0.3 is 12.0 Å². The van der Waals surface area contributed by atoms with Crippen molar-refractivity contribution in [3.05, 3.63) is 0 Å². The molecule has 0 aromatic carbocycles. The first-order valence-corrected chi connectivity index (χ1v) is 6.90. The molecule has 0 aliphatic carbocycles. The topological polar surface area (TPSA) is 69.6 Å². The first-order valence-electron chi connectivity index (χ1n) is 6.90. The Morgan fingerprint density at radius 3 is 2.47 bits per heavy atom. The zero-order chi connectivity index (χ0) is 14.8. The number of aliphatic carboxylic acids is 1. The highest BCUT2D eigenvalue weighted by atomic mass is 16.4. The van der Waals surface area contributed by atoms with Crippen LogP contribution in [0.2, 0.25) is 0 Å². The molecule has 0 saturated carbocycles. The SMILES string of the molecule is CC(C)C(C)(C)CNC(=O)N1CCCC1(C)C(=O)O. The molecule has 1 unspecified atom stereocenters. The Balaban J connectivity index is 2.66. The maximum atomic E-state index is 12.2. The van der Waals surface area contributed by atoms with Gasteiger partial charge in [0.1, 0.15) is 5.54 Å². The fourth-order valence-electron chi connectivity index (χ4n) is 2.11. The summed E-state index contributed by atoms with van der Waals surface area (Å²) in [5.41, 5.74) is -1.07. The highest BCUT2D eigenvalue weighted by molar-refractivity contribution is 5.86. The summed E-state index contributed by atoms with van der Waals surface area (Å²) >= 11 is 0. The smallest absolute Gasteiger partial charge is 0.329 e. The summed E-state index contributed by atoms with van der Waals surface area (Å²) in [5.74, 6) is -0.486. The number of amides is 2. The molecule has 110 valence electrons. The lowest BCUT2D eigenvalue weighted by atomic mass is 9.81. The number of nitrogens with zero attached hydrogens (tertiary/aromatic N) is 1. The third kappa shape index (κ3) is 3.19. The minimum atomic E-state index is -1.06. The van der Waals surface area contributed by atoms with E-state index in [2.05, 4.69) is 33.0 Å². The van der Waals surface area contributed by atoms with Gasteiger partial charge in [-0.05, 0) is 31.1 Å². The van der Waals surface area contributed by atoms with Gasteiger partial charge in [-0.25, -0.2) is 9.59 Å². The van der Waals surface area contributed by atoms with Crippen LogP contribution in [0.3, 0.4) is 0 Å². The van der Waals surface area contributed by atoms with Crippen molar-refractivity contribution in [3.8, 4) is 0 Å². The Hall–Kier alpha value is -1.26. The lowest BCUT2D eigenvalue weighted by Crippen LogP contribution is -2.55. The van der Waals surface area contributed by atoms with E-state index in [1.807, 2.05) is 0 Å². The van der Waals surface area contributed by atoms with E-state index < -0.39 is 11.5 Å². The molecule has 1 saturated heterocycles. The number of likely N-dealkylation sites (tertiary alicyclic amines) is 1. The van der Waals surface area contributed by atoms with Crippen LogP contribution in [0.15, 0.2) is 0 Å². The Morgan fingerprint density at radius 1 is 1.42 bits per heavy atom. The first kappa shape index (κ1) is 15.8. The van der Waals surface area contributed by atoms with Gasteiger partial charge in [0.05, 0.1) is 0 Å². The number of carboxylic acid groups (broad SMARTS) is 1. The van der Waals surface area contributed by atoms with Gasteiger partial charge in [-0.15, -0.1) is 0 Å². The van der Waals surface area contributed by atoms with Crippen molar-refractivity contribution in [2.45, 2.75) is 53.0 Å². The maximum Gasteiger partial charge on any atom is 0.329 e. The van der Waals surface area contributed by atoms with Crippen molar-refractivity contribution in [1.82, 2.24) is 10.2 Å². The van der Waals surface area contributed by atoms with Crippen LogP contribution in [0, 0.1) is 11.3 Å². The average molecular weight is 270 g/mol. The van der Waals surface area contributed by atoms with Gasteiger partial charge in [0.15, 0.2) is 0 Å². The highest BCUT2D eigenvalue weighted by Gasteiger charge is 2.46. The van der Waals surface area contributed by atoms with Gasteiger partial charge in [0.25, 0.3) is 0 Å². The lowest BCUT2D eigenvalue weighted by Gasteiger charge is -2.34. The van der Waals surface area contributed by atoms with Gasteiger partial charge in [-0.2, -0.15) is 0 Å². The second-order valence-electron chi connectivity index (χ2n) is 6.64. The molecule has 1 aliphatic heterocycles. The van der Waals surface area contributed by atoms with Crippen LogP contribution in [-0.2, 0) is 4.79 Å². The molecule has 2 amide bonds. The molecule has 1 atom stereocenters. The Labute approximate surface area is 115 Å². The standard InChI is InChI=1S/C14H26N2O3/c1-10(2)13(3,4)9-15-12(19)16-8-6-7-14(16,5)11(17)18/h10H,6-9H2,1-5H3,(H,15,19)(H,17,18). The van der Waals surface area contributed by atoms with E-state index >= 15 is 0 Å². The zero-order valence-electron chi connectivity index (χ0n) is 12.6. The lowest BCUT2D eigenvalue weighted by molar-refractivity contribution is -0.147. The molecule has 1 aliphatic rings. The number of nitrogens with one attached hydrogen (secondary N) is 1. The van der Waals surface area contributed by atoms with Crippen molar-refractivity contribution in [2.24, 2.45) is 11.3 Å². The summed E-state index contributed by atoms with van der Waals surface area (Å²) < 4.78 is 0. The van der Waals surface area contributed by atoms with Crippen LogP contribution in [0.25, 0.3) is 0 Å². The number of carbonyl (C=O) groups excluding carboxylic acids is 1. The van der Waals surface area contributed by atoms with E-state index in [-0.39, 0.29) is 11.4 Å². The first-order chi connectivity index (χ1) is 8.61. The molecular formula is C14H26N2O3. The van der Waals surface area contributed by atoms with Gasteiger partial charge in [0, 0.05) is 13.1 Å². The number of hydrogen-bond donors (Lipinski definition) is 2. The molecule has 0 spiro atoms. The quantitative estimate of drug-likeness (QED) is 0.823. The Bertz CT molecular complexity index is 366. The van der Waals surface area contributed by atoms with E-state index in [9.17, 15) is 14.7 Å². The predicted octanol–water partition coefficient (Wildman–Crippen LogP) is 2.32. The van der Waals surface area contributed by atoms with Crippen LogP contribution >= 0.6 is 0 Å². The molecule has 1 fully saturated rings. The van der Waals surface area contributed by atoms with Crippen molar-refractivity contribution in [3.63, 3.8) is 0 Å². The summed E-state index contributed by atoms with van der Waals surface area (Å²) in [4.78, 5) is 25.0. The second kappa shape index (κ2) is 5.39. The van der Waals surface area contributed by atoms with E-state index in [0.717, 1.165) is 6.42 Å². The third-order valence-electron chi connectivity index (χ3n) is 4.61. The Kier molecular flexibility index (Phi) is 4.48. The van der Waals surface area contributed by atoms with Crippen molar-refractivity contribution in [2.75, 3.05) is 13.1 Å². The van der Waals surface area contributed by atoms with Crippen molar-refractivity contribution < 1.29 is 14.7 Å². The van der Waals surface area contributed by atoms with Crippen molar-refractivity contribution in [1.29, 1.82) is 0 Å². The van der Waals surface area contributed by atoms with Crippen molar-refractivity contribution >= 4 is 12.0 Å². The Morgan fingerprint density at radius 2 is 2.00 bits per heavy atom. The van der Waals surface area contributed by atoms with Gasteiger partial charge < -0.3 is 15.3 Å². The molecule has 0 aromatic rings. The summed E-state index contributed by atoms with van der Waals surface area (Å²) in [5, 5.41) is 12.2. The van der Waals surface area contributed by atoms with Crippen LogP contribution in [-0.4, -0.2) is 40.6 Å². The number of carboxylic acids is 1. The maximum absolute atomic E-state index is 12.2. The fraction of sp³-hybridized carbons (Fsp3) is 0.857. The number of hydrogen-bond acceptors (Lipinski definition) is 2. The minimum Gasteiger partial charge on any atom is -0.480 e. The van der Waals surface area contributed by atoms with Gasteiger partial charge in [-0.3, -0.25) is 0 Å². The third-order valence-corrected chi connectivity index (χ3v) is 4.61. The van der Waals surface area contributed by atoms with E-state index in [1.165, 1.54) is 4.90 Å². The number of urea groups is 1. The van der Waals surface area contributed by atoms with E-state index in [0.29, 0.717) is 25.4 Å². The average Bonchev–Trinajstić information content (AvgIpc) is 2.69. The van der Waals surface area contributed by atoms with E-state index in [1.54, 1.807) is 6.92 Å². The van der Waals surface area contributed by atoms with Crippen LogP contribution < -0.4 is 5.32 Å². The molecule has 1 heterocycles. The summed E-state index contributed by atoms with van der Waals surface area (Å²) in [6.45, 7) is 11.1. The minimum absolute atomic E-state index is 0.00495. The number of rotatable bonds is 4. The van der Waals surface area contributed by atoms with Crippen LogP contribution in [0.1, 0.15) is 47.5 Å². The zero-order valence-corrected chi connectivity index (χ0v) is 12.6. The largest absolute Gasteiger partial charge is 0.480 e. The fourth-order valence-corrected chi connectivity index (χ4v) is 2.11. The highest BCUT2D eigenvalue weighted by Crippen LogP contribution is 2.30. The monoisotopic (exact) mass is 270 g/mol. The summed E-state index contributed by atoms with van der Waals surface area (Å²) in [6.07, 6.45) is 1.26. The molecule has 19 heavy (non-hydrogen) atoms. The second-order valence-corrected chi connectivity index (χ2v) is 6.64. The molecule has 5 heteroatoms. The number of carbonyl (C=O) groups is 2. The molecule has 0 radical (unpaired) electrons. The summed E-state index contributed by atoms with van der Waals surface area (Å²) in [7, 11) is 0. The molecule has 5 nitrogen and oxygen atoms in total. The predicted molar refractivity (Wildman–Crippen MR) is 74.0 cm³/mol. The van der Waals surface area contributed by atoms with Gasteiger partial charge in [-0.1, -0.05) is 27.7 Å². The molecule has 0 aromatic heterocycles. The summed E-state index contributed by atoms with van der Waals surface area (Å²) in [6, 6.07) is -0.267. The molecule has 1 rings (SSSR count). The normalized spacial score (nSPS) is 23.8. The van der Waals surface area contributed by atoms with Crippen LogP contribution in [0.5, 0.6) is 0 Å². The van der Waals surface area contributed by atoms with Crippen LogP contribution in [0.4, 0.5) is 4.79 Å². The molecule has 0 bridgehead atoms. The van der Waals surface area contributed by atoms with Gasteiger partial charge in [0.2, 0.25) is 0 Å². The molecular weight excluding hydrogens is 244 g/mol. The van der Waals surface area contributed by atoms with E-state index in [4.69, 9.17) is 0 Å². The molecule has 2 N–H and O–H groups in total.